The molecule has 0 N–H and O–H groups in total. The molecule has 2 aromatic heterocycles. The molecule has 4 rings (SSSR count). The molecule has 4 aromatic rings. The van der Waals surface area contributed by atoms with Crippen molar-refractivity contribution < 1.29 is 9.21 Å². The van der Waals surface area contributed by atoms with Crippen LogP contribution in [0.15, 0.2) is 70.4 Å². The number of ketones is 1. The molecule has 0 fully saturated rings. The number of hydrogen-bond acceptors (Lipinski definition) is 5. The van der Waals surface area contributed by atoms with E-state index in [2.05, 4.69) is 10.2 Å². The second-order valence-electron chi connectivity index (χ2n) is 5.62. The average molecular weight is 349 g/mol. The van der Waals surface area contributed by atoms with E-state index in [0.717, 1.165) is 10.8 Å². The fraction of sp³-hybridized carbons (Fsp3) is 0.105. The zero-order valence-corrected chi connectivity index (χ0v) is 14.4. The summed E-state index contributed by atoms with van der Waals surface area (Å²) in [6.45, 7) is 0. The third kappa shape index (κ3) is 3.08. The van der Waals surface area contributed by atoms with Crippen molar-refractivity contribution in [3.05, 3.63) is 66.4 Å². The summed E-state index contributed by atoms with van der Waals surface area (Å²) in [5.41, 5.74) is 0.708. The number of benzene rings is 2. The molecule has 124 valence electrons. The average Bonchev–Trinajstić information content (AvgIpc) is 3.29. The first kappa shape index (κ1) is 15.7. The lowest BCUT2D eigenvalue weighted by atomic mass is 10.1. The van der Waals surface area contributed by atoms with Crippen LogP contribution in [0, 0.1) is 0 Å². The first-order chi connectivity index (χ1) is 12.2. The van der Waals surface area contributed by atoms with Gasteiger partial charge in [0.25, 0.3) is 0 Å². The van der Waals surface area contributed by atoms with Gasteiger partial charge in [0.05, 0.1) is 12.0 Å². The summed E-state index contributed by atoms with van der Waals surface area (Å²) < 4.78 is 7.18. The van der Waals surface area contributed by atoms with Gasteiger partial charge in [-0.15, -0.1) is 10.2 Å². The molecule has 0 saturated carbocycles. The largest absolute Gasteiger partial charge is 0.461 e. The van der Waals surface area contributed by atoms with Crippen LogP contribution < -0.4 is 0 Å². The number of hydrogen-bond donors (Lipinski definition) is 0. The number of Topliss-reactive ketones (excluding diaryl/α,β-unsaturated/α-hetero) is 1. The Hall–Kier alpha value is -2.86. The quantitative estimate of drug-likeness (QED) is 0.399. The number of fused-ring (bicyclic) bond motifs is 1. The fourth-order valence-corrected chi connectivity index (χ4v) is 3.44. The van der Waals surface area contributed by atoms with E-state index in [1.807, 2.05) is 60.1 Å². The maximum absolute atomic E-state index is 12.5. The van der Waals surface area contributed by atoms with Crippen LogP contribution in [0.1, 0.15) is 10.4 Å². The van der Waals surface area contributed by atoms with Gasteiger partial charge in [0.15, 0.2) is 22.5 Å². The number of rotatable bonds is 5. The Morgan fingerprint density at radius 2 is 1.92 bits per heavy atom. The second-order valence-corrected chi connectivity index (χ2v) is 6.56. The molecular formula is C19H15N3O2S. The Balaban J connectivity index is 1.50. The van der Waals surface area contributed by atoms with E-state index < -0.39 is 0 Å². The van der Waals surface area contributed by atoms with Crippen molar-refractivity contribution in [2.75, 3.05) is 5.75 Å². The molecule has 0 atom stereocenters. The Morgan fingerprint density at radius 1 is 1.08 bits per heavy atom. The Morgan fingerprint density at radius 3 is 2.72 bits per heavy atom. The van der Waals surface area contributed by atoms with Crippen LogP contribution >= 0.6 is 11.8 Å². The maximum atomic E-state index is 12.5. The van der Waals surface area contributed by atoms with Crippen molar-refractivity contribution in [1.29, 1.82) is 0 Å². The zero-order chi connectivity index (χ0) is 17.2. The monoisotopic (exact) mass is 349 g/mol. The molecule has 6 heteroatoms. The van der Waals surface area contributed by atoms with Crippen LogP contribution in [0.4, 0.5) is 0 Å². The number of furan rings is 1. The molecule has 0 saturated heterocycles. The molecule has 2 aromatic carbocycles. The lowest BCUT2D eigenvalue weighted by Gasteiger charge is -2.04. The minimum absolute atomic E-state index is 0.0679. The van der Waals surface area contributed by atoms with Gasteiger partial charge in [-0.3, -0.25) is 4.79 Å². The van der Waals surface area contributed by atoms with Crippen molar-refractivity contribution >= 4 is 28.3 Å². The van der Waals surface area contributed by atoms with E-state index in [9.17, 15) is 4.79 Å². The van der Waals surface area contributed by atoms with Crippen LogP contribution in [0.5, 0.6) is 0 Å². The highest BCUT2D eigenvalue weighted by Gasteiger charge is 2.15. The zero-order valence-electron chi connectivity index (χ0n) is 13.5. The number of carbonyl (C=O) groups is 1. The fourth-order valence-electron chi connectivity index (χ4n) is 2.64. The van der Waals surface area contributed by atoms with E-state index in [0.29, 0.717) is 28.1 Å². The molecule has 0 aliphatic rings. The van der Waals surface area contributed by atoms with Gasteiger partial charge in [-0.1, -0.05) is 48.2 Å². The lowest BCUT2D eigenvalue weighted by molar-refractivity contribution is 0.102. The van der Waals surface area contributed by atoms with Gasteiger partial charge in [0.2, 0.25) is 0 Å². The van der Waals surface area contributed by atoms with E-state index in [4.69, 9.17) is 4.42 Å². The highest BCUT2D eigenvalue weighted by atomic mass is 32.2. The van der Waals surface area contributed by atoms with Gasteiger partial charge in [0, 0.05) is 12.6 Å². The third-order valence-electron chi connectivity index (χ3n) is 3.98. The lowest BCUT2D eigenvalue weighted by Crippen LogP contribution is -2.04. The summed E-state index contributed by atoms with van der Waals surface area (Å²) in [5, 5.41) is 11.2. The molecule has 0 radical (unpaired) electrons. The molecule has 0 spiro atoms. The van der Waals surface area contributed by atoms with Crippen molar-refractivity contribution in [2.45, 2.75) is 5.16 Å². The highest BCUT2D eigenvalue weighted by molar-refractivity contribution is 7.99. The standard InChI is InChI=1S/C19H15N3O2S/c1-22-18(17-7-4-10-24-17)20-21-19(22)25-12-16(23)15-9-8-13-5-2-3-6-14(13)11-15/h2-11H,12H2,1H3. The molecule has 25 heavy (non-hydrogen) atoms. The van der Waals surface area contributed by atoms with Gasteiger partial charge in [-0.2, -0.15) is 0 Å². The maximum Gasteiger partial charge on any atom is 0.200 e. The minimum atomic E-state index is 0.0679. The second kappa shape index (κ2) is 6.57. The van der Waals surface area contributed by atoms with Gasteiger partial charge in [-0.05, 0) is 29.0 Å². The van der Waals surface area contributed by atoms with Crippen molar-refractivity contribution in [3.8, 4) is 11.6 Å². The summed E-state index contributed by atoms with van der Waals surface area (Å²) in [7, 11) is 1.86. The smallest absolute Gasteiger partial charge is 0.200 e. The summed E-state index contributed by atoms with van der Waals surface area (Å²) in [5.74, 6) is 1.68. The molecule has 0 bridgehead atoms. The van der Waals surface area contributed by atoms with Gasteiger partial charge < -0.3 is 8.98 Å². The van der Waals surface area contributed by atoms with Gasteiger partial charge in [-0.25, -0.2) is 0 Å². The molecule has 5 nitrogen and oxygen atoms in total. The van der Waals surface area contributed by atoms with Crippen molar-refractivity contribution in [1.82, 2.24) is 14.8 Å². The Bertz CT molecular complexity index is 1040. The van der Waals surface area contributed by atoms with Crippen LogP contribution in [0.2, 0.25) is 0 Å². The normalized spacial score (nSPS) is 11.1. The van der Waals surface area contributed by atoms with E-state index in [-0.39, 0.29) is 5.78 Å². The molecule has 0 aliphatic heterocycles. The summed E-state index contributed by atoms with van der Waals surface area (Å²) in [6, 6.07) is 17.4. The predicted molar refractivity (Wildman–Crippen MR) is 97.7 cm³/mol. The molecule has 0 unspecified atom stereocenters. The van der Waals surface area contributed by atoms with Crippen LogP contribution in [0.3, 0.4) is 0 Å². The first-order valence-electron chi connectivity index (χ1n) is 7.80. The van der Waals surface area contributed by atoms with Gasteiger partial charge >= 0.3 is 0 Å². The summed E-state index contributed by atoms with van der Waals surface area (Å²) in [6.07, 6.45) is 1.60. The topological polar surface area (TPSA) is 60.9 Å². The van der Waals surface area contributed by atoms with E-state index >= 15 is 0 Å². The van der Waals surface area contributed by atoms with Crippen LogP contribution in [-0.4, -0.2) is 26.3 Å². The third-order valence-corrected chi connectivity index (χ3v) is 5.00. The molecular weight excluding hydrogens is 334 g/mol. The van der Waals surface area contributed by atoms with Crippen molar-refractivity contribution in [3.63, 3.8) is 0 Å². The van der Waals surface area contributed by atoms with Crippen LogP contribution in [0.25, 0.3) is 22.4 Å². The van der Waals surface area contributed by atoms with E-state index in [1.54, 1.807) is 12.3 Å². The summed E-state index contributed by atoms with van der Waals surface area (Å²) >= 11 is 1.37. The van der Waals surface area contributed by atoms with Crippen molar-refractivity contribution in [2.24, 2.45) is 7.05 Å². The SMILES string of the molecule is Cn1c(SCC(=O)c2ccc3ccccc3c2)nnc1-c1ccco1. The first-order valence-corrected chi connectivity index (χ1v) is 8.79. The number of carbonyl (C=O) groups excluding carboxylic acids is 1. The predicted octanol–water partition coefficient (Wildman–Crippen LogP) is 4.20. The Kier molecular flexibility index (Phi) is 4.11. The molecule has 0 amide bonds. The number of nitrogens with zero attached hydrogens (tertiary/aromatic N) is 3. The van der Waals surface area contributed by atoms with Crippen LogP contribution in [-0.2, 0) is 7.05 Å². The minimum Gasteiger partial charge on any atom is -0.461 e. The summed E-state index contributed by atoms with van der Waals surface area (Å²) in [4.78, 5) is 12.5. The number of thioether (sulfide) groups is 1. The highest BCUT2D eigenvalue weighted by Crippen LogP contribution is 2.24. The van der Waals surface area contributed by atoms with E-state index in [1.165, 1.54) is 11.8 Å². The Labute approximate surface area is 148 Å². The molecule has 0 aliphatic carbocycles. The van der Waals surface area contributed by atoms with Gasteiger partial charge in [0.1, 0.15) is 0 Å². The number of aromatic nitrogens is 3. The molecule has 2 heterocycles.